The Bertz CT molecular complexity index is 255. The molecule has 0 saturated heterocycles. The fraction of sp³-hybridized carbons (Fsp3) is 0.556. The van der Waals surface area contributed by atoms with Crippen molar-refractivity contribution >= 4 is 15.9 Å². The summed E-state index contributed by atoms with van der Waals surface area (Å²) in [4.78, 5) is 0. The summed E-state index contributed by atoms with van der Waals surface area (Å²) in [6, 6.07) is 2.13. The lowest BCUT2D eigenvalue weighted by molar-refractivity contribution is 0.391. The van der Waals surface area contributed by atoms with Gasteiger partial charge in [-0.25, -0.2) is 0 Å². The molecular formula is C9H14BrN. The molecule has 1 nitrogen and oxygen atoms in total. The molecule has 0 aliphatic rings. The summed E-state index contributed by atoms with van der Waals surface area (Å²) in [6.07, 6.45) is 2.16. The molecule has 1 aromatic heterocycles. The molecule has 0 bridgehead atoms. The number of rotatable bonds is 0. The Morgan fingerprint density at radius 2 is 1.91 bits per heavy atom. The minimum atomic E-state index is 0.174. The van der Waals surface area contributed by atoms with Crippen LogP contribution in [0.3, 0.4) is 0 Å². The van der Waals surface area contributed by atoms with E-state index in [-0.39, 0.29) is 5.54 Å². The van der Waals surface area contributed by atoms with E-state index in [0.717, 1.165) is 4.60 Å². The molecule has 2 heteroatoms. The lowest BCUT2D eigenvalue weighted by Crippen LogP contribution is -2.20. The van der Waals surface area contributed by atoms with Crippen LogP contribution in [-0.4, -0.2) is 4.57 Å². The van der Waals surface area contributed by atoms with Crippen LogP contribution in [0.4, 0.5) is 0 Å². The predicted molar refractivity (Wildman–Crippen MR) is 51.9 cm³/mol. The smallest absolute Gasteiger partial charge is 0.0854 e. The molecule has 0 unspecified atom stereocenters. The average Bonchev–Trinajstić information content (AvgIpc) is 2.08. The Hall–Kier alpha value is -0.240. The number of hydrogen-bond donors (Lipinski definition) is 0. The maximum absolute atomic E-state index is 3.52. The summed E-state index contributed by atoms with van der Waals surface area (Å²) in [5.74, 6) is 0. The van der Waals surface area contributed by atoms with E-state index in [1.807, 2.05) is 0 Å². The van der Waals surface area contributed by atoms with Gasteiger partial charge in [-0.15, -0.1) is 0 Å². The zero-order valence-electron chi connectivity index (χ0n) is 7.48. The highest BCUT2D eigenvalue weighted by Gasteiger charge is 2.14. The van der Waals surface area contributed by atoms with Crippen molar-refractivity contribution in [2.45, 2.75) is 33.2 Å². The van der Waals surface area contributed by atoms with E-state index >= 15 is 0 Å². The van der Waals surface area contributed by atoms with E-state index in [1.165, 1.54) is 5.56 Å². The quantitative estimate of drug-likeness (QED) is 0.626. The number of aromatic nitrogens is 1. The number of hydrogen-bond acceptors (Lipinski definition) is 0. The molecule has 0 spiro atoms. The van der Waals surface area contributed by atoms with Gasteiger partial charge in [0.15, 0.2) is 0 Å². The van der Waals surface area contributed by atoms with E-state index in [1.54, 1.807) is 0 Å². The van der Waals surface area contributed by atoms with Gasteiger partial charge in [-0.05, 0) is 55.3 Å². The Morgan fingerprint density at radius 3 is 2.09 bits per heavy atom. The van der Waals surface area contributed by atoms with Crippen LogP contribution < -0.4 is 0 Å². The molecule has 0 N–H and O–H groups in total. The van der Waals surface area contributed by atoms with Crippen LogP contribution in [0.5, 0.6) is 0 Å². The molecule has 1 heterocycles. The third kappa shape index (κ3) is 1.86. The minimum absolute atomic E-state index is 0.174. The van der Waals surface area contributed by atoms with Crippen LogP contribution >= 0.6 is 15.9 Å². The highest BCUT2D eigenvalue weighted by atomic mass is 79.9. The van der Waals surface area contributed by atoms with Crippen LogP contribution in [0, 0.1) is 6.92 Å². The van der Waals surface area contributed by atoms with Crippen LogP contribution in [0.15, 0.2) is 16.9 Å². The van der Waals surface area contributed by atoms with Gasteiger partial charge < -0.3 is 4.57 Å². The van der Waals surface area contributed by atoms with Crippen LogP contribution in [0.25, 0.3) is 0 Å². The van der Waals surface area contributed by atoms with Gasteiger partial charge in [0, 0.05) is 11.7 Å². The van der Waals surface area contributed by atoms with Gasteiger partial charge in [-0.2, -0.15) is 0 Å². The van der Waals surface area contributed by atoms with Crippen LogP contribution in [-0.2, 0) is 5.54 Å². The number of halogens is 1. The van der Waals surface area contributed by atoms with Gasteiger partial charge in [0.2, 0.25) is 0 Å². The van der Waals surface area contributed by atoms with Gasteiger partial charge in [0.25, 0.3) is 0 Å². The first-order chi connectivity index (χ1) is 4.91. The van der Waals surface area contributed by atoms with Crippen molar-refractivity contribution < 1.29 is 0 Å². The highest BCUT2D eigenvalue weighted by molar-refractivity contribution is 9.10. The standard InChI is InChI=1S/C9H14BrN/c1-7-5-8(10)11(6-7)9(2,3)4/h5-6H,1-4H3. The van der Waals surface area contributed by atoms with Crippen molar-refractivity contribution in [1.29, 1.82) is 0 Å². The van der Waals surface area contributed by atoms with E-state index in [0.29, 0.717) is 0 Å². The molecule has 1 aromatic rings. The first kappa shape index (κ1) is 8.85. The fourth-order valence-corrected chi connectivity index (χ4v) is 2.07. The topological polar surface area (TPSA) is 4.93 Å². The van der Waals surface area contributed by atoms with E-state index in [4.69, 9.17) is 0 Å². The molecular weight excluding hydrogens is 202 g/mol. The van der Waals surface area contributed by atoms with Crippen molar-refractivity contribution in [3.8, 4) is 0 Å². The molecule has 0 aliphatic carbocycles. The minimum Gasteiger partial charge on any atom is -0.337 e. The third-order valence-corrected chi connectivity index (χ3v) is 2.24. The van der Waals surface area contributed by atoms with Crippen molar-refractivity contribution in [3.05, 3.63) is 22.4 Å². The monoisotopic (exact) mass is 215 g/mol. The molecule has 0 fully saturated rings. The second kappa shape index (κ2) is 2.67. The van der Waals surface area contributed by atoms with Gasteiger partial charge in [-0.3, -0.25) is 0 Å². The molecule has 62 valence electrons. The Labute approximate surface area is 76.5 Å². The molecule has 0 radical (unpaired) electrons. The molecule has 0 atom stereocenters. The second-order valence-corrected chi connectivity index (χ2v) is 4.69. The molecule has 11 heavy (non-hydrogen) atoms. The van der Waals surface area contributed by atoms with Crippen LogP contribution in [0.2, 0.25) is 0 Å². The van der Waals surface area contributed by atoms with Crippen LogP contribution in [0.1, 0.15) is 26.3 Å². The lowest BCUT2D eigenvalue weighted by Gasteiger charge is -2.22. The molecule has 0 saturated carbocycles. The molecule has 0 aromatic carbocycles. The van der Waals surface area contributed by atoms with Crippen molar-refractivity contribution in [3.63, 3.8) is 0 Å². The first-order valence-electron chi connectivity index (χ1n) is 3.76. The third-order valence-electron chi connectivity index (χ3n) is 1.63. The Kier molecular flexibility index (Phi) is 2.15. The summed E-state index contributed by atoms with van der Waals surface area (Å²) in [5.41, 5.74) is 1.47. The maximum Gasteiger partial charge on any atom is 0.0854 e. The zero-order valence-corrected chi connectivity index (χ0v) is 9.07. The van der Waals surface area contributed by atoms with Crippen molar-refractivity contribution in [2.75, 3.05) is 0 Å². The van der Waals surface area contributed by atoms with E-state index in [2.05, 4.69) is 60.5 Å². The van der Waals surface area contributed by atoms with Gasteiger partial charge >= 0.3 is 0 Å². The van der Waals surface area contributed by atoms with E-state index < -0.39 is 0 Å². The predicted octanol–water partition coefficient (Wildman–Crippen LogP) is 3.31. The fourth-order valence-electron chi connectivity index (χ4n) is 1.07. The second-order valence-electron chi connectivity index (χ2n) is 3.88. The molecule has 0 amide bonds. The van der Waals surface area contributed by atoms with Gasteiger partial charge in [0.1, 0.15) is 0 Å². The Balaban J connectivity index is 3.13. The first-order valence-corrected chi connectivity index (χ1v) is 4.55. The SMILES string of the molecule is Cc1cc(Br)n(C(C)(C)C)c1. The summed E-state index contributed by atoms with van der Waals surface area (Å²) in [6.45, 7) is 8.68. The highest BCUT2D eigenvalue weighted by Crippen LogP contribution is 2.23. The maximum atomic E-state index is 3.52. The summed E-state index contributed by atoms with van der Waals surface area (Å²) in [7, 11) is 0. The number of nitrogens with zero attached hydrogens (tertiary/aromatic N) is 1. The molecule has 1 rings (SSSR count). The van der Waals surface area contributed by atoms with Gasteiger partial charge in [0.05, 0.1) is 4.60 Å². The van der Waals surface area contributed by atoms with Crippen molar-refractivity contribution in [1.82, 2.24) is 4.57 Å². The average molecular weight is 216 g/mol. The van der Waals surface area contributed by atoms with E-state index in [9.17, 15) is 0 Å². The molecule has 0 aliphatic heterocycles. The zero-order chi connectivity index (χ0) is 8.65. The normalized spacial score (nSPS) is 12.1. The summed E-state index contributed by atoms with van der Waals surface area (Å²) < 4.78 is 3.38. The number of aryl methyl sites for hydroxylation is 1. The Morgan fingerprint density at radius 1 is 1.36 bits per heavy atom. The van der Waals surface area contributed by atoms with Crippen molar-refractivity contribution in [2.24, 2.45) is 0 Å². The lowest BCUT2D eigenvalue weighted by atomic mass is 10.1. The summed E-state index contributed by atoms with van der Waals surface area (Å²) in [5, 5.41) is 0. The van der Waals surface area contributed by atoms with Gasteiger partial charge in [-0.1, -0.05) is 0 Å². The largest absolute Gasteiger partial charge is 0.337 e. The summed E-state index contributed by atoms with van der Waals surface area (Å²) >= 11 is 3.52.